The van der Waals surface area contributed by atoms with Crippen molar-refractivity contribution in [3.8, 4) is 0 Å². The number of benzene rings is 1. The number of hydrogen-bond acceptors (Lipinski definition) is 4. The Morgan fingerprint density at radius 1 is 1.21 bits per heavy atom. The number of anilines is 1. The first-order valence-electron chi connectivity index (χ1n) is 10.7. The van der Waals surface area contributed by atoms with Crippen LogP contribution < -0.4 is 16.0 Å². The molecule has 3 fully saturated rings. The van der Waals surface area contributed by atoms with Gasteiger partial charge in [-0.05, 0) is 63.4 Å². The van der Waals surface area contributed by atoms with Crippen LogP contribution in [0, 0.1) is 5.92 Å². The number of nitrogens with zero attached hydrogens (tertiary/aromatic N) is 3. The number of hydrogen-bond donors (Lipinski definition) is 3. The van der Waals surface area contributed by atoms with E-state index in [-0.39, 0.29) is 18.0 Å². The van der Waals surface area contributed by atoms with Gasteiger partial charge in [-0.3, -0.25) is 9.48 Å². The lowest BCUT2D eigenvalue weighted by Gasteiger charge is -2.44. The summed E-state index contributed by atoms with van der Waals surface area (Å²) in [6.07, 6.45) is 3.17. The van der Waals surface area contributed by atoms with Crippen molar-refractivity contribution in [1.29, 1.82) is 0 Å². The summed E-state index contributed by atoms with van der Waals surface area (Å²) in [5.74, 6) is 0.427. The van der Waals surface area contributed by atoms with Gasteiger partial charge in [-0.1, -0.05) is 6.92 Å². The second kappa shape index (κ2) is 8.41. The highest BCUT2D eigenvalue weighted by Crippen LogP contribution is 2.28. The predicted molar refractivity (Wildman–Crippen MR) is 113 cm³/mol. The van der Waals surface area contributed by atoms with Gasteiger partial charge in [-0.2, -0.15) is 5.10 Å². The van der Waals surface area contributed by atoms with E-state index in [1.807, 2.05) is 36.7 Å². The zero-order valence-corrected chi connectivity index (χ0v) is 17.2. The summed E-state index contributed by atoms with van der Waals surface area (Å²) < 4.78 is 1.84. The molecular formula is C21H30N6O2. The van der Waals surface area contributed by atoms with Crippen LogP contribution in [-0.2, 0) is 6.54 Å². The zero-order valence-electron chi connectivity index (χ0n) is 17.2. The van der Waals surface area contributed by atoms with Gasteiger partial charge in [0.2, 0.25) is 0 Å². The number of fused-ring (bicyclic) bond motifs is 4. The average molecular weight is 399 g/mol. The Morgan fingerprint density at radius 3 is 2.66 bits per heavy atom. The quantitative estimate of drug-likeness (QED) is 0.697. The Morgan fingerprint density at radius 2 is 2.00 bits per heavy atom. The summed E-state index contributed by atoms with van der Waals surface area (Å²) in [5, 5.41) is 14.2. The molecule has 2 aromatic rings. The normalized spacial score (nSPS) is 23.2. The Labute approximate surface area is 171 Å². The monoisotopic (exact) mass is 398 g/mol. The van der Waals surface area contributed by atoms with Crippen LogP contribution in [0.3, 0.4) is 0 Å². The highest BCUT2D eigenvalue weighted by molar-refractivity contribution is 6.06. The Kier molecular flexibility index (Phi) is 5.71. The van der Waals surface area contributed by atoms with E-state index >= 15 is 0 Å². The number of rotatable bonds is 6. The minimum atomic E-state index is -0.243. The van der Waals surface area contributed by atoms with E-state index in [4.69, 9.17) is 0 Å². The molecule has 3 aliphatic rings. The number of amides is 3. The SMILES string of the molecule is CCCNC(=O)Nc1ccc2c(c1)c(C(=O)N[C@@H]1CN3CCC1CC3)nn2CC. The van der Waals surface area contributed by atoms with Crippen LogP contribution in [0.15, 0.2) is 18.2 Å². The second-order valence-corrected chi connectivity index (χ2v) is 8.00. The van der Waals surface area contributed by atoms with Crippen molar-refractivity contribution in [2.45, 2.75) is 45.7 Å². The minimum absolute atomic E-state index is 0.131. The Bertz CT molecular complexity index is 900. The molecule has 4 heterocycles. The molecule has 3 aliphatic heterocycles. The van der Waals surface area contributed by atoms with Gasteiger partial charge in [-0.15, -0.1) is 0 Å². The molecule has 1 aromatic carbocycles. The number of piperidine rings is 3. The number of carbonyl (C=O) groups excluding carboxylic acids is 2. The van der Waals surface area contributed by atoms with E-state index in [2.05, 4.69) is 25.9 Å². The average Bonchev–Trinajstić information content (AvgIpc) is 3.11. The minimum Gasteiger partial charge on any atom is -0.346 e. The third-order valence-electron chi connectivity index (χ3n) is 6.03. The molecule has 0 saturated carbocycles. The summed E-state index contributed by atoms with van der Waals surface area (Å²) in [4.78, 5) is 27.5. The lowest BCUT2D eigenvalue weighted by molar-refractivity contribution is 0.0618. The molecule has 0 spiro atoms. The van der Waals surface area contributed by atoms with Gasteiger partial charge in [0.05, 0.1) is 5.52 Å². The smallest absolute Gasteiger partial charge is 0.319 e. The van der Waals surface area contributed by atoms with Crippen LogP contribution in [0.1, 0.15) is 43.6 Å². The van der Waals surface area contributed by atoms with Crippen LogP contribution in [-0.4, -0.2) is 58.8 Å². The number of urea groups is 1. The maximum absolute atomic E-state index is 13.1. The van der Waals surface area contributed by atoms with Crippen LogP contribution in [0.25, 0.3) is 10.9 Å². The van der Waals surface area contributed by atoms with Gasteiger partial charge in [0, 0.05) is 36.7 Å². The summed E-state index contributed by atoms with van der Waals surface area (Å²) >= 11 is 0. The highest BCUT2D eigenvalue weighted by atomic mass is 16.2. The summed E-state index contributed by atoms with van der Waals surface area (Å²) in [6.45, 7) is 8.51. The second-order valence-electron chi connectivity index (χ2n) is 8.00. The molecule has 1 atom stereocenters. The third-order valence-corrected chi connectivity index (χ3v) is 6.03. The largest absolute Gasteiger partial charge is 0.346 e. The molecule has 3 amide bonds. The number of carbonyl (C=O) groups is 2. The van der Waals surface area contributed by atoms with Crippen molar-refractivity contribution >= 4 is 28.5 Å². The van der Waals surface area contributed by atoms with Gasteiger partial charge < -0.3 is 20.9 Å². The van der Waals surface area contributed by atoms with Crippen molar-refractivity contribution < 1.29 is 9.59 Å². The van der Waals surface area contributed by atoms with Gasteiger partial charge in [0.25, 0.3) is 5.91 Å². The van der Waals surface area contributed by atoms with E-state index in [9.17, 15) is 9.59 Å². The summed E-state index contributed by atoms with van der Waals surface area (Å²) in [5.41, 5.74) is 1.97. The van der Waals surface area contributed by atoms with Crippen LogP contribution in [0.2, 0.25) is 0 Å². The molecule has 29 heavy (non-hydrogen) atoms. The Balaban J connectivity index is 1.56. The maximum Gasteiger partial charge on any atom is 0.319 e. The molecule has 3 saturated heterocycles. The fourth-order valence-electron chi connectivity index (χ4n) is 4.44. The van der Waals surface area contributed by atoms with Crippen LogP contribution in [0.4, 0.5) is 10.5 Å². The fraction of sp³-hybridized carbons (Fsp3) is 0.571. The van der Waals surface area contributed by atoms with Gasteiger partial charge >= 0.3 is 6.03 Å². The first-order chi connectivity index (χ1) is 14.1. The van der Waals surface area contributed by atoms with Gasteiger partial charge in [0.15, 0.2) is 5.69 Å². The molecule has 1 aromatic heterocycles. The van der Waals surface area contributed by atoms with E-state index < -0.39 is 0 Å². The molecule has 0 radical (unpaired) electrons. The van der Waals surface area contributed by atoms with Crippen molar-refractivity contribution in [3.05, 3.63) is 23.9 Å². The molecule has 0 aliphatic carbocycles. The first kappa shape index (κ1) is 19.7. The molecule has 156 valence electrons. The summed E-state index contributed by atoms with van der Waals surface area (Å²) in [7, 11) is 0. The standard InChI is InChI=1S/C21H30N6O2/c1-3-9-22-21(29)23-15-5-6-18-16(12-15)19(25-27(18)4-2)20(28)24-17-13-26-10-7-14(17)8-11-26/h5-6,12,14,17H,3-4,7-11,13H2,1-2H3,(H,24,28)(H2,22,23,29)/t17-/m1/s1. The molecule has 8 heteroatoms. The topological polar surface area (TPSA) is 91.3 Å². The lowest BCUT2D eigenvalue weighted by atomic mass is 9.84. The molecular weight excluding hydrogens is 368 g/mol. The van der Waals surface area contributed by atoms with E-state index in [1.54, 1.807) is 0 Å². The van der Waals surface area contributed by atoms with Gasteiger partial charge in [0.1, 0.15) is 0 Å². The van der Waals surface area contributed by atoms with E-state index in [0.717, 1.165) is 49.8 Å². The molecule has 2 bridgehead atoms. The third kappa shape index (κ3) is 4.07. The first-order valence-corrected chi connectivity index (χ1v) is 10.7. The van der Waals surface area contributed by atoms with Crippen LogP contribution >= 0.6 is 0 Å². The molecule has 3 N–H and O–H groups in total. The fourth-order valence-corrected chi connectivity index (χ4v) is 4.44. The van der Waals surface area contributed by atoms with Crippen molar-refractivity contribution in [2.24, 2.45) is 5.92 Å². The summed E-state index contributed by atoms with van der Waals surface area (Å²) in [6, 6.07) is 5.54. The molecule has 8 nitrogen and oxygen atoms in total. The van der Waals surface area contributed by atoms with Crippen molar-refractivity contribution in [3.63, 3.8) is 0 Å². The van der Waals surface area contributed by atoms with Crippen molar-refractivity contribution in [1.82, 2.24) is 25.3 Å². The number of aryl methyl sites for hydroxylation is 1. The number of aromatic nitrogens is 2. The van der Waals surface area contributed by atoms with E-state index in [1.165, 1.54) is 0 Å². The maximum atomic E-state index is 13.1. The van der Waals surface area contributed by atoms with Gasteiger partial charge in [-0.25, -0.2) is 4.79 Å². The van der Waals surface area contributed by atoms with Crippen LogP contribution in [0.5, 0.6) is 0 Å². The number of nitrogens with one attached hydrogen (secondary N) is 3. The molecule has 5 rings (SSSR count). The highest BCUT2D eigenvalue weighted by Gasteiger charge is 2.35. The Hall–Kier alpha value is -2.61. The predicted octanol–water partition coefficient (Wildman–Crippen LogP) is 2.41. The van der Waals surface area contributed by atoms with Crippen molar-refractivity contribution in [2.75, 3.05) is 31.5 Å². The lowest BCUT2D eigenvalue weighted by Crippen LogP contribution is -2.57. The zero-order chi connectivity index (χ0) is 20.4. The van der Waals surface area contributed by atoms with E-state index in [0.29, 0.717) is 30.4 Å². The molecule has 0 unspecified atom stereocenters.